The highest BCUT2D eigenvalue weighted by Gasteiger charge is 2.24. The minimum Gasteiger partial charge on any atom is -0.381 e. The minimum absolute atomic E-state index is 0.278. The van der Waals surface area contributed by atoms with E-state index >= 15 is 0 Å². The molecule has 2 saturated heterocycles. The van der Waals surface area contributed by atoms with E-state index in [0.29, 0.717) is 61.5 Å². The second-order valence-electron chi connectivity index (χ2n) is 11.4. The third kappa shape index (κ3) is 6.49. The Hall–Kier alpha value is -3.62. The zero-order chi connectivity index (χ0) is 29.2. The number of carbonyl (C=O) groups excluding carboxylic acids is 1. The van der Waals surface area contributed by atoms with Crippen molar-refractivity contribution < 1.29 is 19.7 Å². The summed E-state index contributed by atoms with van der Waals surface area (Å²) in [7, 11) is 2.11. The third-order valence-electron chi connectivity index (χ3n) is 8.33. The number of aliphatic imine (C=N–C) groups is 1. The number of hydrogen-bond donors (Lipinski definition) is 1. The Bertz CT molecular complexity index is 1490. The van der Waals surface area contributed by atoms with Crippen LogP contribution in [0.3, 0.4) is 0 Å². The standard InChI is InChI=1S/C33H36F2N4O2/c1-38-8-10-39(11-9-38)29-4-5-30(26(19-29)15-22-6-12-41-13-7-22)33(40)37-32-31-18-23(2-3-25(31)21-36-32)14-24-16-27(34)20-28(35)17-24/h2-5,16-20,22H,6-15,21H2,1H3,(H,36,37,40)/i19D. The van der Waals surface area contributed by atoms with Crippen molar-refractivity contribution in [2.24, 2.45) is 10.9 Å². The number of amidine groups is 1. The van der Waals surface area contributed by atoms with Crippen LogP contribution in [0.5, 0.6) is 0 Å². The van der Waals surface area contributed by atoms with Crippen LogP contribution < -0.4 is 10.2 Å². The van der Waals surface area contributed by atoms with Gasteiger partial charge in [-0.25, -0.2) is 8.78 Å². The van der Waals surface area contributed by atoms with Crippen molar-refractivity contribution in [1.29, 1.82) is 0 Å². The molecule has 1 amide bonds. The maximum atomic E-state index is 13.8. The molecule has 3 aromatic rings. The smallest absolute Gasteiger partial charge is 0.257 e. The molecule has 3 aliphatic rings. The molecule has 0 radical (unpaired) electrons. The molecule has 3 aromatic carbocycles. The first-order chi connectivity index (χ1) is 20.3. The fraction of sp³-hybridized carbons (Fsp3) is 0.394. The van der Waals surface area contributed by atoms with E-state index in [1.807, 2.05) is 30.3 Å². The fourth-order valence-corrected chi connectivity index (χ4v) is 5.94. The van der Waals surface area contributed by atoms with Crippen LogP contribution in [-0.4, -0.2) is 63.1 Å². The molecule has 214 valence electrons. The second kappa shape index (κ2) is 12.1. The lowest BCUT2D eigenvalue weighted by Crippen LogP contribution is -2.44. The molecule has 0 atom stereocenters. The minimum atomic E-state index is -0.607. The Morgan fingerprint density at radius 3 is 2.54 bits per heavy atom. The summed E-state index contributed by atoms with van der Waals surface area (Å²) >= 11 is 0. The highest BCUT2D eigenvalue weighted by molar-refractivity contribution is 6.14. The van der Waals surface area contributed by atoms with Crippen LogP contribution in [0.25, 0.3) is 0 Å². The zero-order valence-corrected chi connectivity index (χ0v) is 23.4. The first-order valence-corrected chi connectivity index (χ1v) is 14.4. The molecule has 8 heteroatoms. The van der Waals surface area contributed by atoms with E-state index < -0.39 is 11.6 Å². The van der Waals surface area contributed by atoms with Crippen molar-refractivity contribution in [2.75, 3.05) is 51.3 Å². The lowest BCUT2D eigenvalue weighted by atomic mass is 9.89. The number of carbonyl (C=O) groups is 1. The average molecular weight is 560 g/mol. The topological polar surface area (TPSA) is 57.2 Å². The summed E-state index contributed by atoms with van der Waals surface area (Å²) in [4.78, 5) is 22.9. The fourth-order valence-electron chi connectivity index (χ4n) is 5.94. The predicted octanol–water partition coefficient (Wildman–Crippen LogP) is 4.97. The lowest BCUT2D eigenvalue weighted by molar-refractivity contribution is 0.0664. The number of hydrogen-bond acceptors (Lipinski definition) is 5. The number of halogens is 2. The molecular weight excluding hydrogens is 522 g/mol. The van der Waals surface area contributed by atoms with Gasteiger partial charge in [-0.15, -0.1) is 0 Å². The van der Waals surface area contributed by atoms with Gasteiger partial charge in [-0.2, -0.15) is 0 Å². The molecule has 3 heterocycles. The second-order valence-corrected chi connectivity index (χ2v) is 11.4. The number of nitrogens with zero attached hydrogens (tertiary/aromatic N) is 3. The summed E-state index contributed by atoms with van der Waals surface area (Å²) < 4.78 is 42.2. The van der Waals surface area contributed by atoms with Gasteiger partial charge in [-0.3, -0.25) is 9.79 Å². The van der Waals surface area contributed by atoms with Crippen LogP contribution in [0.4, 0.5) is 14.5 Å². The largest absolute Gasteiger partial charge is 0.381 e. The van der Waals surface area contributed by atoms with Gasteiger partial charge in [-0.05, 0) is 97.3 Å². The van der Waals surface area contributed by atoms with Crippen molar-refractivity contribution >= 4 is 17.4 Å². The quantitative estimate of drug-likeness (QED) is 0.464. The van der Waals surface area contributed by atoms with Crippen molar-refractivity contribution in [3.8, 4) is 0 Å². The highest BCUT2D eigenvalue weighted by atomic mass is 19.1. The zero-order valence-electron chi connectivity index (χ0n) is 24.4. The van der Waals surface area contributed by atoms with E-state index in [0.717, 1.165) is 73.0 Å². The molecule has 41 heavy (non-hydrogen) atoms. The van der Waals surface area contributed by atoms with E-state index in [-0.39, 0.29) is 5.91 Å². The summed E-state index contributed by atoms with van der Waals surface area (Å²) in [5.41, 5.74) is 5.35. The molecular formula is C33H36F2N4O2. The summed E-state index contributed by atoms with van der Waals surface area (Å²) in [5.74, 6) is -0.653. The predicted molar refractivity (Wildman–Crippen MR) is 157 cm³/mol. The molecule has 1 N–H and O–H groups in total. The van der Waals surface area contributed by atoms with Gasteiger partial charge in [0.05, 0.1) is 7.92 Å². The molecule has 2 fully saturated rings. The number of piperazine rings is 1. The summed E-state index contributed by atoms with van der Waals surface area (Å²) in [6, 6.07) is 13.5. The van der Waals surface area contributed by atoms with E-state index in [9.17, 15) is 14.9 Å². The van der Waals surface area contributed by atoms with Gasteiger partial charge in [0.25, 0.3) is 5.91 Å². The number of amides is 1. The number of fused-ring (bicyclic) bond motifs is 1. The van der Waals surface area contributed by atoms with Crippen molar-refractivity contribution in [1.82, 2.24) is 10.2 Å². The lowest BCUT2D eigenvalue weighted by Gasteiger charge is -2.34. The number of benzene rings is 3. The van der Waals surface area contributed by atoms with Crippen molar-refractivity contribution in [3.63, 3.8) is 0 Å². The van der Waals surface area contributed by atoms with Gasteiger partial charge >= 0.3 is 0 Å². The highest BCUT2D eigenvalue weighted by Crippen LogP contribution is 2.28. The van der Waals surface area contributed by atoms with Gasteiger partial charge < -0.3 is 19.9 Å². The molecule has 0 saturated carbocycles. The molecule has 6 nitrogen and oxygen atoms in total. The number of rotatable bonds is 6. The molecule has 0 spiro atoms. The van der Waals surface area contributed by atoms with Gasteiger partial charge in [0.1, 0.15) is 17.5 Å². The van der Waals surface area contributed by atoms with Crippen LogP contribution in [0.2, 0.25) is 0 Å². The van der Waals surface area contributed by atoms with Crippen LogP contribution in [-0.2, 0) is 24.1 Å². The summed E-state index contributed by atoms with van der Waals surface area (Å²) in [5, 5.41) is 3.03. The molecule has 0 bridgehead atoms. The number of ether oxygens (including phenoxy) is 1. The van der Waals surface area contributed by atoms with E-state index in [1.54, 1.807) is 0 Å². The van der Waals surface area contributed by atoms with Gasteiger partial charge in [0.2, 0.25) is 0 Å². The van der Waals surface area contributed by atoms with Crippen LogP contribution in [0.1, 0.15) is 52.4 Å². The number of likely N-dealkylation sites (N-methyl/N-ethyl adjacent to an activating group) is 1. The SMILES string of the molecule is [2H]c1c(N2CCN(C)CC2)ccc(C(=O)NC2=NCc3ccc(Cc4cc(F)cc(F)c4)cc32)c1CC1CCOCC1. The Balaban J connectivity index is 1.25. The Kier molecular flexibility index (Phi) is 7.75. The molecule has 0 aliphatic carbocycles. The Labute approximate surface area is 241 Å². The maximum absolute atomic E-state index is 13.8. The monoisotopic (exact) mass is 559 g/mol. The van der Waals surface area contributed by atoms with E-state index in [4.69, 9.17) is 4.74 Å². The number of anilines is 1. The third-order valence-corrected chi connectivity index (χ3v) is 8.33. The normalized spacial score (nSPS) is 18.2. The van der Waals surface area contributed by atoms with E-state index in [2.05, 4.69) is 27.2 Å². The molecule has 0 unspecified atom stereocenters. The average Bonchev–Trinajstić information content (AvgIpc) is 3.36. The van der Waals surface area contributed by atoms with Crippen LogP contribution in [0.15, 0.2) is 59.6 Å². The van der Waals surface area contributed by atoms with Crippen molar-refractivity contribution in [3.05, 3.63) is 99.6 Å². The first-order valence-electron chi connectivity index (χ1n) is 14.9. The number of nitrogens with one attached hydrogen (secondary N) is 1. The van der Waals surface area contributed by atoms with Gasteiger partial charge in [0, 0.05) is 62.3 Å². The van der Waals surface area contributed by atoms with Crippen LogP contribution >= 0.6 is 0 Å². The summed E-state index contributed by atoms with van der Waals surface area (Å²) in [6.07, 6.45) is 2.84. The van der Waals surface area contributed by atoms with Crippen molar-refractivity contribution in [2.45, 2.75) is 32.2 Å². The van der Waals surface area contributed by atoms with E-state index in [1.165, 1.54) is 12.1 Å². The maximum Gasteiger partial charge on any atom is 0.257 e. The summed E-state index contributed by atoms with van der Waals surface area (Å²) in [6.45, 7) is 5.43. The van der Waals surface area contributed by atoms with Gasteiger partial charge in [-0.1, -0.05) is 12.1 Å². The Morgan fingerprint density at radius 2 is 1.78 bits per heavy atom. The van der Waals surface area contributed by atoms with Gasteiger partial charge in [0.15, 0.2) is 0 Å². The molecule has 3 aliphatic heterocycles. The Morgan fingerprint density at radius 1 is 1.02 bits per heavy atom. The van der Waals surface area contributed by atoms with Crippen LogP contribution in [0, 0.1) is 17.6 Å². The first kappa shape index (κ1) is 26.3. The molecule has 0 aromatic heterocycles. The molecule has 6 rings (SSSR count).